The van der Waals surface area contributed by atoms with Crippen LogP contribution in [0, 0.1) is 11.7 Å². The van der Waals surface area contributed by atoms with Gasteiger partial charge >= 0.3 is 0 Å². The van der Waals surface area contributed by atoms with Crippen molar-refractivity contribution in [2.24, 2.45) is 5.92 Å². The van der Waals surface area contributed by atoms with E-state index >= 15 is 0 Å². The highest BCUT2D eigenvalue weighted by Crippen LogP contribution is 2.26. The number of nitrogens with zero attached hydrogens (tertiary/aromatic N) is 2. The standard InChI is InChI=1S/C13H15BrFN3O/c1-8(2)6-16-7-12-17-13(18-19-12)10-4-3-9(15)5-11(10)14/h3-5,8,16H,6-7H2,1-2H3. The van der Waals surface area contributed by atoms with Crippen molar-refractivity contribution in [3.63, 3.8) is 0 Å². The lowest BCUT2D eigenvalue weighted by Gasteiger charge is -2.03. The molecule has 0 radical (unpaired) electrons. The average molecular weight is 328 g/mol. The molecule has 0 unspecified atom stereocenters. The predicted octanol–water partition coefficient (Wildman–Crippen LogP) is 3.38. The summed E-state index contributed by atoms with van der Waals surface area (Å²) < 4.78 is 18.8. The Kier molecular flexibility index (Phi) is 4.66. The molecular formula is C13H15BrFN3O. The molecule has 1 aromatic carbocycles. The summed E-state index contributed by atoms with van der Waals surface area (Å²) in [5.74, 6) is 1.23. The molecule has 2 aromatic rings. The van der Waals surface area contributed by atoms with Gasteiger partial charge in [-0.2, -0.15) is 4.98 Å². The van der Waals surface area contributed by atoms with Crippen LogP contribution in [0.3, 0.4) is 0 Å². The second kappa shape index (κ2) is 6.25. The maximum absolute atomic E-state index is 13.0. The molecule has 102 valence electrons. The van der Waals surface area contributed by atoms with Gasteiger partial charge in [0, 0.05) is 10.0 Å². The van der Waals surface area contributed by atoms with Gasteiger partial charge in [-0.3, -0.25) is 0 Å². The number of rotatable bonds is 5. The highest BCUT2D eigenvalue weighted by molar-refractivity contribution is 9.10. The molecule has 0 atom stereocenters. The number of hydrogen-bond donors (Lipinski definition) is 1. The van der Waals surface area contributed by atoms with Crippen LogP contribution >= 0.6 is 15.9 Å². The smallest absolute Gasteiger partial charge is 0.240 e. The third-order valence-corrected chi connectivity index (χ3v) is 3.13. The molecule has 0 spiro atoms. The van der Waals surface area contributed by atoms with Gasteiger partial charge in [-0.05, 0) is 46.6 Å². The zero-order valence-electron chi connectivity index (χ0n) is 10.8. The van der Waals surface area contributed by atoms with Crippen molar-refractivity contribution in [2.75, 3.05) is 6.54 Å². The maximum Gasteiger partial charge on any atom is 0.240 e. The van der Waals surface area contributed by atoms with E-state index in [2.05, 4.69) is 45.2 Å². The first-order valence-electron chi connectivity index (χ1n) is 6.05. The summed E-state index contributed by atoms with van der Waals surface area (Å²) in [5.41, 5.74) is 0.709. The van der Waals surface area contributed by atoms with Crippen LogP contribution in [-0.4, -0.2) is 16.7 Å². The third-order valence-electron chi connectivity index (χ3n) is 2.47. The summed E-state index contributed by atoms with van der Waals surface area (Å²) in [6.45, 7) is 5.67. The van der Waals surface area contributed by atoms with Crippen LogP contribution in [0.2, 0.25) is 0 Å². The highest BCUT2D eigenvalue weighted by atomic mass is 79.9. The molecule has 0 amide bonds. The van der Waals surface area contributed by atoms with Crippen LogP contribution in [0.5, 0.6) is 0 Å². The SMILES string of the molecule is CC(C)CNCc1nc(-c2ccc(F)cc2Br)no1. The van der Waals surface area contributed by atoms with Gasteiger partial charge in [0.1, 0.15) is 5.82 Å². The van der Waals surface area contributed by atoms with E-state index in [-0.39, 0.29) is 5.82 Å². The van der Waals surface area contributed by atoms with Crippen molar-refractivity contribution < 1.29 is 8.91 Å². The normalized spacial score (nSPS) is 11.2. The molecular weight excluding hydrogens is 313 g/mol. The van der Waals surface area contributed by atoms with Gasteiger partial charge < -0.3 is 9.84 Å². The molecule has 0 aliphatic rings. The zero-order chi connectivity index (χ0) is 13.8. The van der Waals surface area contributed by atoms with Crippen LogP contribution in [0.15, 0.2) is 27.2 Å². The fourth-order valence-corrected chi connectivity index (χ4v) is 2.10. The van der Waals surface area contributed by atoms with E-state index in [4.69, 9.17) is 4.52 Å². The van der Waals surface area contributed by atoms with Gasteiger partial charge in [0.25, 0.3) is 0 Å². The molecule has 0 saturated carbocycles. The summed E-state index contributed by atoms with van der Waals surface area (Å²) in [7, 11) is 0. The van der Waals surface area contributed by atoms with Crippen molar-refractivity contribution in [2.45, 2.75) is 20.4 Å². The van der Waals surface area contributed by atoms with Gasteiger partial charge in [0.2, 0.25) is 11.7 Å². The Balaban J connectivity index is 2.08. The van der Waals surface area contributed by atoms with Crippen LogP contribution in [0.25, 0.3) is 11.4 Å². The monoisotopic (exact) mass is 327 g/mol. The van der Waals surface area contributed by atoms with E-state index < -0.39 is 0 Å². The topological polar surface area (TPSA) is 51.0 Å². The Morgan fingerprint density at radius 2 is 2.21 bits per heavy atom. The second-order valence-electron chi connectivity index (χ2n) is 4.66. The van der Waals surface area contributed by atoms with Crippen LogP contribution in [0.4, 0.5) is 4.39 Å². The molecule has 0 fully saturated rings. The molecule has 0 saturated heterocycles. The Bertz CT molecular complexity index is 557. The average Bonchev–Trinajstić information content (AvgIpc) is 2.77. The quantitative estimate of drug-likeness (QED) is 0.914. The molecule has 1 N–H and O–H groups in total. The Morgan fingerprint density at radius 1 is 1.42 bits per heavy atom. The molecule has 6 heteroatoms. The minimum atomic E-state index is -0.307. The first kappa shape index (κ1) is 14.1. The van der Waals surface area contributed by atoms with Gasteiger partial charge in [-0.15, -0.1) is 0 Å². The summed E-state index contributed by atoms with van der Waals surface area (Å²) >= 11 is 3.29. The lowest BCUT2D eigenvalue weighted by Crippen LogP contribution is -2.19. The molecule has 4 nitrogen and oxygen atoms in total. The number of aromatic nitrogens is 2. The van der Waals surface area contributed by atoms with Gasteiger partial charge in [-0.25, -0.2) is 4.39 Å². The van der Waals surface area contributed by atoms with Gasteiger partial charge in [-0.1, -0.05) is 19.0 Å². The Labute approximate surface area is 119 Å². The van der Waals surface area contributed by atoms with Crippen LogP contribution in [0.1, 0.15) is 19.7 Å². The number of benzene rings is 1. The number of halogens is 2. The summed E-state index contributed by atoms with van der Waals surface area (Å²) in [6.07, 6.45) is 0. The minimum Gasteiger partial charge on any atom is -0.338 e. The lowest BCUT2D eigenvalue weighted by molar-refractivity contribution is 0.364. The molecule has 1 aromatic heterocycles. The molecule has 0 aliphatic heterocycles. The Morgan fingerprint density at radius 3 is 2.89 bits per heavy atom. The van der Waals surface area contributed by atoms with E-state index in [1.165, 1.54) is 12.1 Å². The number of nitrogens with one attached hydrogen (secondary N) is 1. The molecule has 19 heavy (non-hydrogen) atoms. The van der Waals surface area contributed by atoms with E-state index in [1.54, 1.807) is 6.07 Å². The van der Waals surface area contributed by atoms with Crippen molar-refractivity contribution in [1.29, 1.82) is 0 Å². The van der Waals surface area contributed by atoms with E-state index in [0.29, 0.717) is 34.2 Å². The minimum absolute atomic E-state index is 0.307. The van der Waals surface area contributed by atoms with Gasteiger partial charge in [0.05, 0.1) is 6.54 Å². The molecule has 1 heterocycles. The van der Waals surface area contributed by atoms with Crippen LogP contribution in [-0.2, 0) is 6.54 Å². The highest BCUT2D eigenvalue weighted by Gasteiger charge is 2.12. The fourth-order valence-electron chi connectivity index (χ4n) is 1.57. The maximum atomic E-state index is 13.0. The summed E-state index contributed by atoms with van der Waals surface area (Å²) in [6, 6.07) is 4.37. The van der Waals surface area contributed by atoms with E-state index in [9.17, 15) is 4.39 Å². The summed E-state index contributed by atoms with van der Waals surface area (Å²) in [4.78, 5) is 4.28. The van der Waals surface area contributed by atoms with Crippen molar-refractivity contribution in [1.82, 2.24) is 15.5 Å². The zero-order valence-corrected chi connectivity index (χ0v) is 12.4. The molecule has 2 rings (SSSR count). The largest absolute Gasteiger partial charge is 0.338 e. The fraction of sp³-hybridized carbons (Fsp3) is 0.385. The van der Waals surface area contributed by atoms with Gasteiger partial charge in [0.15, 0.2) is 0 Å². The Hall–Kier alpha value is -1.27. The molecule has 0 aliphatic carbocycles. The molecule has 0 bridgehead atoms. The second-order valence-corrected chi connectivity index (χ2v) is 5.51. The van der Waals surface area contributed by atoms with Crippen LogP contribution < -0.4 is 5.32 Å². The van der Waals surface area contributed by atoms with Crippen molar-refractivity contribution in [3.05, 3.63) is 34.4 Å². The van der Waals surface area contributed by atoms with E-state index in [0.717, 1.165) is 6.54 Å². The third kappa shape index (κ3) is 3.84. The first-order chi connectivity index (χ1) is 9.06. The van der Waals surface area contributed by atoms with Crippen molar-refractivity contribution in [3.8, 4) is 11.4 Å². The van der Waals surface area contributed by atoms with Crippen molar-refractivity contribution >= 4 is 15.9 Å². The predicted molar refractivity (Wildman–Crippen MR) is 73.9 cm³/mol. The van der Waals surface area contributed by atoms with E-state index in [1.807, 2.05) is 0 Å². The number of hydrogen-bond acceptors (Lipinski definition) is 4. The first-order valence-corrected chi connectivity index (χ1v) is 6.84. The summed E-state index contributed by atoms with van der Waals surface area (Å²) in [5, 5.41) is 7.12. The lowest BCUT2D eigenvalue weighted by atomic mass is 10.2.